The minimum Gasteiger partial charge on any atom is -0.348 e. The van der Waals surface area contributed by atoms with Gasteiger partial charge < -0.3 is 4.89 Å². The fourth-order valence-electron chi connectivity index (χ4n) is 4.63. The zero-order valence-electron chi connectivity index (χ0n) is 9.53. The van der Waals surface area contributed by atoms with Gasteiger partial charge in [0.2, 0.25) is 0 Å². The predicted molar refractivity (Wildman–Crippen MR) is 62.8 cm³/mol. The van der Waals surface area contributed by atoms with Gasteiger partial charge in [0, 0.05) is 11.3 Å². The Morgan fingerprint density at radius 3 is 2.76 bits per heavy atom. The highest BCUT2D eigenvalue weighted by molar-refractivity contribution is 5.89. The first-order chi connectivity index (χ1) is 8.26. The highest BCUT2D eigenvalue weighted by Gasteiger charge is 2.64. The quantitative estimate of drug-likeness (QED) is 0.443. The summed E-state index contributed by atoms with van der Waals surface area (Å²) in [6, 6.07) is 0. The second-order valence-electron chi connectivity index (χ2n) is 5.82. The Kier molecular flexibility index (Phi) is 1.11. The Morgan fingerprint density at radius 2 is 2.12 bits per heavy atom. The third-order valence-corrected chi connectivity index (χ3v) is 5.52. The highest BCUT2D eigenvalue weighted by atomic mass is 17.1. The lowest BCUT2D eigenvalue weighted by atomic mass is 9.45. The predicted octanol–water partition coefficient (Wildman–Crippen LogP) is 3.13. The van der Waals surface area contributed by atoms with Crippen LogP contribution in [0.1, 0.15) is 13.3 Å². The molecule has 2 fully saturated rings. The van der Waals surface area contributed by atoms with E-state index in [1.54, 1.807) is 11.1 Å². The minimum absolute atomic E-state index is 0.315. The van der Waals surface area contributed by atoms with Crippen LogP contribution in [0.3, 0.4) is 0 Å². The molecule has 0 radical (unpaired) electrons. The van der Waals surface area contributed by atoms with Gasteiger partial charge in [-0.15, -0.1) is 0 Å². The lowest BCUT2D eigenvalue weighted by Gasteiger charge is -2.58. The molecule has 1 N–H and O–H groups in total. The lowest BCUT2D eigenvalue weighted by molar-refractivity contribution is -0.186. The van der Waals surface area contributed by atoms with Crippen molar-refractivity contribution >= 4 is 0 Å². The maximum absolute atomic E-state index is 8.50. The normalized spacial score (nSPS) is 42.7. The maximum atomic E-state index is 8.50. The summed E-state index contributed by atoms with van der Waals surface area (Å²) in [5.74, 6) is 1.20. The van der Waals surface area contributed by atoms with Gasteiger partial charge in [0.25, 0.3) is 0 Å². The van der Waals surface area contributed by atoms with E-state index < -0.39 is 0 Å². The van der Waals surface area contributed by atoms with Gasteiger partial charge in [-0.05, 0) is 46.3 Å². The monoisotopic (exact) mass is 224 g/mol. The molecule has 0 aromatic rings. The van der Waals surface area contributed by atoms with Gasteiger partial charge in [-0.1, -0.05) is 24.6 Å². The Morgan fingerprint density at radius 1 is 1.35 bits per heavy atom. The van der Waals surface area contributed by atoms with E-state index in [0.29, 0.717) is 17.3 Å². The molecule has 17 heavy (non-hydrogen) atoms. The Bertz CT molecular complexity index is 616. The molecule has 2 unspecified atom stereocenters. The van der Waals surface area contributed by atoms with Gasteiger partial charge in [0.05, 0.1) is 0 Å². The van der Waals surface area contributed by atoms with Crippen molar-refractivity contribution < 1.29 is 10.1 Å². The second-order valence-corrected chi connectivity index (χ2v) is 5.82. The molecule has 2 heteroatoms. The molecule has 9 aliphatic rings. The van der Waals surface area contributed by atoms with Crippen LogP contribution >= 0.6 is 0 Å². The van der Waals surface area contributed by atoms with Crippen molar-refractivity contribution in [2.24, 2.45) is 17.3 Å². The van der Waals surface area contributed by atoms with Crippen molar-refractivity contribution in [2.45, 2.75) is 13.3 Å². The SMILES string of the molecule is CC12C3=C4C5=CC1C=C4C5=C(/C=C/OO)C2C3. The molecule has 0 aliphatic heterocycles. The third kappa shape index (κ3) is 0.614. The topological polar surface area (TPSA) is 29.5 Å². The van der Waals surface area contributed by atoms with Crippen LogP contribution in [0.5, 0.6) is 0 Å². The van der Waals surface area contributed by atoms with E-state index in [4.69, 9.17) is 5.26 Å². The van der Waals surface area contributed by atoms with Crippen LogP contribution in [-0.4, -0.2) is 5.26 Å². The van der Waals surface area contributed by atoms with Crippen LogP contribution in [0, 0.1) is 17.3 Å². The smallest absolute Gasteiger partial charge is 0.129 e. The van der Waals surface area contributed by atoms with Crippen LogP contribution in [0.2, 0.25) is 0 Å². The van der Waals surface area contributed by atoms with Gasteiger partial charge in [-0.25, -0.2) is 5.26 Å². The van der Waals surface area contributed by atoms with E-state index in [9.17, 15) is 0 Å². The average molecular weight is 224 g/mol. The van der Waals surface area contributed by atoms with Gasteiger partial charge in [-0.2, -0.15) is 0 Å². The summed E-state index contributed by atoms with van der Waals surface area (Å²) in [5, 5.41) is 8.50. The summed E-state index contributed by atoms with van der Waals surface area (Å²) in [6.45, 7) is 2.39. The van der Waals surface area contributed by atoms with Crippen molar-refractivity contribution in [1.82, 2.24) is 0 Å². The molecule has 9 rings (SSSR count). The number of hydrogen-bond donors (Lipinski definition) is 1. The molecule has 0 aromatic heterocycles. The third-order valence-electron chi connectivity index (χ3n) is 5.52. The summed E-state index contributed by atoms with van der Waals surface area (Å²) >= 11 is 0. The van der Waals surface area contributed by atoms with Crippen LogP contribution in [0.4, 0.5) is 0 Å². The zero-order chi connectivity index (χ0) is 11.4. The van der Waals surface area contributed by atoms with Crippen LogP contribution in [0.15, 0.2) is 57.9 Å². The first-order valence-electron chi connectivity index (χ1n) is 6.16. The van der Waals surface area contributed by atoms with Gasteiger partial charge >= 0.3 is 0 Å². The summed E-state index contributed by atoms with van der Waals surface area (Å²) in [5.41, 5.74) is 9.27. The van der Waals surface area contributed by atoms with Crippen molar-refractivity contribution in [1.29, 1.82) is 0 Å². The maximum Gasteiger partial charge on any atom is 0.129 e. The molecular weight excluding hydrogens is 212 g/mol. The van der Waals surface area contributed by atoms with Crippen molar-refractivity contribution in [3.63, 3.8) is 0 Å². The molecular formula is C15H12O2. The summed E-state index contributed by atoms with van der Waals surface area (Å²) in [6.07, 6.45) is 9.42. The number of hydrogen-bond acceptors (Lipinski definition) is 2. The Labute approximate surface area is 99.2 Å². The van der Waals surface area contributed by atoms with Gasteiger partial charge in [0.15, 0.2) is 0 Å². The van der Waals surface area contributed by atoms with E-state index in [2.05, 4.69) is 24.0 Å². The van der Waals surface area contributed by atoms with Crippen molar-refractivity contribution in [2.75, 3.05) is 0 Å². The minimum atomic E-state index is 0.315. The van der Waals surface area contributed by atoms with Crippen molar-refractivity contribution in [3.8, 4) is 0 Å². The van der Waals surface area contributed by atoms with Crippen LogP contribution < -0.4 is 0 Å². The molecule has 2 nitrogen and oxygen atoms in total. The fourth-order valence-corrected chi connectivity index (χ4v) is 4.63. The van der Waals surface area contributed by atoms with Gasteiger partial charge in [0.1, 0.15) is 6.26 Å². The molecule has 84 valence electrons. The highest BCUT2D eigenvalue weighted by Crippen LogP contribution is 2.75. The fraction of sp³-hybridized carbons (Fsp3) is 0.333. The first-order valence-corrected chi connectivity index (χ1v) is 6.16. The molecule has 0 spiro atoms. The molecule has 9 aliphatic carbocycles. The van der Waals surface area contributed by atoms with Crippen LogP contribution in [-0.2, 0) is 4.89 Å². The average Bonchev–Trinajstić information content (AvgIpc) is 2.71. The molecule has 8 bridgehead atoms. The molecule has 0 saturated heterocycles. The number of allylic oxidation sites excluding steroid dienone is 9. The summed E-state index contributed by atoms with van der Waals surface area (Å²) in [4.78, 5) is 4.12. The lowest BCUT2D eigenvalue weighted by Crippen LogP contribution is -2.48. The van der Waals surface area contributed by atoms with E-state index in [1.807, 2.05) is 6.08 Å². The Hall–Kier alpha value is -1.54. The standard InChI is InChI=1S/C15H12O2/c1-15-7-4-9-13-8(2-3-17-16)11(15)6-12(15)14(9)10(13)5-7/h2-5,7,11,16H,6H2,1H3/b3-2+. The second kappa shape index (κ2) is 2.21. The van der Waals surface area contributed by atoms with Crippen molar-refractivity contribution in [3.05, 3.63) is 57.9 Å². The summed E-state index contributed by atoms with van der Waals surface area (Å²) in [7, 11) is 0. The largest absolute Gasteiger partial charge is 0.348 e. The Balaban J connectivity index is 1.84. The van der Waals surface area contributed by atoms with Gasteiger partial charge in [-0.3, -0.25) is 0 Å². The van der Waals surface area contributed by atoms with E-state index in [0.717, 1.165) is 0 Å². The summed E-state index contributed by atoms with van der Waals surface area (Å²) < 4.78 is 0. The molecule has 2 saturated carbocycles. The molecule has 0 aromatic carbocycles. The van der Waals surface area contributed by atoms with E-state index in [-0.39, 0.29) is 0 Å². The van der Waals surface area contributed by atoms with Crippen LogP contribution in [0.25, 0.3) is 0 Å². The molecule has 0 heterocycles. The number of rotatable bonds is 2. The molecule has 0 amide bonds. The molecule has 2 atom stereocenters. The zero-order valence-corrected chi connectivity index (χ0v) is 9.53. The van der Waals surface area contributed by atoms with E-state index in [1.165, 1.54) is 35.0 Å². The van der Waals surface area contributed by atoms with E-state index >= 15 is 0 Å². The first kappa shape index (κ1) is 8.54.